The van der Waals surface area contributed by atoms with E-state index in [0.29, 0.717) is 17.1 Å². The number of nitrogens with zero attached hydrogens (tertiary/aromatic N) is 3. The number of aromatic nitrogens is 2. The molecule has 2 aromatic rings. The molecule has 2 heterocycles. The van der Waals surface area contributed by atoms with Gasteiger partial charge in [-0.25, -0.2) is 0 Å². The first-order valence-electron chi connectivity index (χ1n) is 6.08. The molecule has 21 heavy (non-hydrogen) atoms. The average Bonchev–Trinajstić information content (AvgIpc) is 2.43. The molecule has 0 atom stereocenters. The molecule has 2 amide bonds. The normalized spacial score (nSPS) is 14.8. The number of piperazine rings is 1. The molecule has 0 spiro atoms. The maximum atomic E-state index is 11.7. The minimum atomic E-state index is -0.145. The first kappa shape index (κ1) is 15.5. The van der Waals surface area contributed by atoms with Crippen molar-refractivity contribution in [3.63, 3.8) is 0 Å². The fourth-order valence-corrected chi connectivity index (χ4v) is 2.34. The Bertz CT molecular complexity index is 708. The van der Waals surface area contributed by atoms with Gasteiger partial charge in [-0.1, -0.05) is 23.7 Å². The summed E-state index contributed by atoms with van der Waals surface area (Å²) in [6, 6.07) is 5.54. The molecule has 0 aliphatic carbocycles. The van der Waals surface area contributed by atoms with E-state index in [1.165, 1.54) is 11.1 Å². The monoisotopic (exact) mass is 326 g/mol. The smallest absolute Gasteiger partial charge is 0.242 e. The van der Waals surface area contributed by atoms with Crippen LogP contribution in [0.25, 0.3) is 10.9 Å². The van der Waals surface area contributed by atoms with E-state index in [0.717, 1.165) is 10.9 Å². The molecule has 3 rings (SSSR count). The van der Waals surface area contributed by atoms with E-state index in [2.05, 4.69) is 15.5 Å². The van der Waals surface area contributed by atoms with E-state index in [1.807, 2.05) is 18.2 Å². The molecule has 1 N–H and O–H groups in total. The minimum Gasteiger partial charge on any atom is -0.345 e. The summed E-state index contributed by atoms with van der Waals surface area (Å²) < 4.78 is 0. The Morgan fingerprint density at radius 1 is 1.33 bits per heavy atom. The van der Waals surface area contributed by atoms with Crippen LogP contribution in [-0.2, 0) is 16.1 Å². The third kappa shape index (κ3) is 3.22. The molecule has 8 heteroatoms. The van der Waals surface area contributed by atoms with Gasteiger partial charge in [0.25, 0.3) is 0 Å². The van der Waals surface area contributed by atoms with Crippen LogP contribution in [0.2, 0.25) is 5.02 Å². The molecule has 1 aromatic heterocycles. The van der Waals surface area contributed by atoms with E-state index in [1.54, 1.807) is 0 Å². The number of hydrogen-bond donors (Lipinski definition) is 1. The van der Waals surface area contributed by atoms with Crippen molar-refractivity contribution in [3.8, 4) is 0 Å². The van der Waals surface area contributed by atoms with Crippen LogP contribution in [0, 0.1) is 0 Å². The second kappa shape index (κ2) is 6.24. The number of carbonyl (C=O) groups is 2. The molecule has 0 unspecified atom stereocenters. The summed E-state index contributed by atoms with van der Waals surface area (Å²) in [6.45, 7) is 0.506. The van der Waals surface area contributed by atoms with Crippen molar-refractivity contribution in [2.45, 2.75) is 6.54 Å². The van der Waals surface area contributed by atoms with Gasteiger partial charge >= 0.3 is 0 Å². The summed E-state index contributed by atoms with van der Waals surface area (Å²) in [5.74, 6) is -0.241. The number of nitrogens with one attached hydrogen (secondary N) is 1. The summed E-state index contributed by atoms with van der Waals surface area (Å²) in [5.41, 5.74) is 1.56. The lowest BCUT2D eigenvalue weighted by Gasteiger charge is -2.26. The van der Waals surface area contributed by atoms with Gasteiger partial charge in [0.2, 0.25) is 11.8 Å². The SMILES string of the molecule is Cl.O=C1CN(Cc2ccc3c(Cl)cnnc3c2)C(=O)CN1. The van der Waals surface area contributed by atoms with E-state index in [-0.39, 0.29) is 37.3 Å². The van der Waals surface area contributed by atoms with Gasteiger partial charge in [0.05, 0.1) is 29.8 Å². The highest BCUT2D eigenvalue weighted by Gasteiger charge is 2.22. The Kier molecular flexibility index (Phi) is 4.59. The maximum absolute atomic E-state index is 11.7. The molecule has 1 aliphatic rings. The van der Waals surface area contributed by atoms with Crippen LogP contribution in [0.4, 0.5) is 0 Å². The van der Waals surface area contributed by atoms with Gasteiger partial charge in [0.1, 0.15) is 0 Å². The Labute approximate surface area is 131 Å². The van der Waals surface area contributed by atoms with Crippen molar-refractivity contribution in [2.75, 3.05) is 13.1 Å². The third-order valence-corrected chi connectivity index (χ3v) is 3.45. The van der Waals surface area contributed by atoms with E-state index < -0.39 is 0 Å². The second-order valence-corrected chi connectivity index (χ2v) is 4.98. The molecular weight excluding hydrogens is 315 g/mol. The lowest BCUT2D eigenvalue weighted by atomic mass is 10.1. The Balaban J connectivity index is 0.00000161. The van der Waals surface area contributed by atoms with Crippen LogP contribution in [-0.4, -0.2) is 40.0 Å². The highest BCUT2D eigenvalue weighted by Crippen LogP contribution is 2.21. The molecular formula is C13H12Cl2N4O2. The fourth-order valence-electron chi connectivity index (χ4n) is 2.14. The lowest BCUT2D eigenvalue weighted by Crippen LogP contribution is -2.50. The largest absolute Gasteiger partial charge is 0.345 e. The Hall–Kier alpha value is -1.92. The molecule has 0 bridgehead atoms. The van der Waals surface area contributed by atoms with Gasteiger partial charge in [-0.15, -0.1) is 12.4 Å². The lowest BCUT2D eigenvalue weighted by molar-refractivity contribution is -0.141. The van der Waals surface area contributed by atoms with Crippen LogP contribution in [0.3, 0.4) is 0 Å². The van der Waals surface area contributed by atoms with Crippen molar-refractivity contribution < 1.29 is 9.59 Å². The first-order chi connectivity index (χ1) is 9.63. The van der Waals surface area contributed by atoms with Gasteiger partial charge in [-0.05, 0) is 11.6 Å². The van der Waals surface area contributed by atoms with Gasteiger partial charge in [0.15, 0.2) is 0 Å². The topological polar surface area (TPSA) is 75.2 Å². The van der Waals surface area contributed by atoms with Gasteiger partial charge in [0, 0.05) is 11.9 Å². The standard InChI is InChI=1S/C13H11ClN4O2.ClH/c14-10-4-16-17-11-3-8(1-2-9(10)11)6-18-7-12(19)15-5-13(18)20;/h1-4H,5-7H2,(H,15,19);1H. The van der Waals surface area contributed by atoms with Crippen molar-refractivity contribution in [1.29, 1.82) is 0 Å². The minimum absolute atomic E-state index is 0. The maximum Gasteiger partial charge on any atom is 0.242 e. The highest BCUT2D eigenvalue weighted by molar-refractivity contribution is 6.35. The quantitative estimate of drug-likeness (QED) is 0.898. The predicted molar refractivity (Wildman–Crippen MR) is 80.2 cm³/mol. The van der Waals surface area contributed by atoms with Crippen LogP contribution in [0.15, 0.2) is 24.4 Å². The van der Waals surface area contributed by atoms with Crippen LogP contribution < -0.4 is 5.32 Å². The third-order valence-electron chi connectivity index (χ3n) is 3.15. The first-order valence-corrected chi connectivity index (χ1v) is 6.45. The van der Waals surface area contributed by atoms with E-state index >= 15 is 0 Å². The zero-order valence-corrected chi connectivity index (χ0v) is 12.4. The molecule has 6 nitrogen and oxygen atoms in total. The summed E-state index contributed by atoms with van der Waals surface area (Å²) in [4.78, 5) is 24.6. The van der Waals surface area contributed by atoms with Gasteiger partial charge < -0.3 is 10.2 Å². The highest BCUT2D eigenvalue weighted by atomic mass is 35.5. The number of benzene rings is 1. The van der Waals surface area contributed by atoms with Gasteiger partial charge in [-0.3, -0.25) is 9.59 Å². The zero-order valence-electron chi connectivity index (χ0n) is 10.9. The van der Waals surface area contributed by atoms with Gasteiger partial charge in [-0.2, -0.15) is 10.2 Å². The molecule has 1 aliphatic heterocycles. The molecule has 1 aromatic carbocycles. The molecule has 1 fully saturated rings. The number of carbonyl (C=O) groups excluding carboxylic acids is 2. The Morgan fingerprint density at radius 2 is 2.14 bits per heavy atom. The van der Waals surface area contributed by atoms with Crippen LogP contribution in [0.5, 0.6) is 0 Å². The molecule has 0 radical (unpaired) electrons. The zero-order chi connectivity index (χ0) is 14.1. The van der Waals surface area contributed by atoms with E-state index in [4.69, 9.17) is 11.6 Å². The summed E-state index contributed by atoms with van der Waals surface area (Å²) in [5, 5.41) is 11.7. The van der Waals surface area contributed by atoms with Crippen molar-refractivity contribution in [2.24, 2.45) is 0 Å². The fraction of sp³-hybridized carbons (Fsp3) is 0.231. The summed E-state index contributed by atoms with van der Waals surface area (Å²) in [6.07, 6.45) is 1.49. The second-order valence-electron chi connectivity index (χ2n) is 4.57. The molecule has 110 valence electrons. The number of fused-ring (bicyclic) bond motifs is 1. The van der Waals surface area contributed by atoms with Crippen molar-refractivity contribution in [1.82, 2.24) is 20.4 Å². The summed E-state index contributed by atoms with van der Waals surface area (Å²) in [7, 11) is 0. The predicted octanol–water partition coefficient (Wildman–Crippen LogP) is 1.16. The van der Waals surface area contributed by atoms with Crippen LogP contribution >= 0.6 is 24.0 Å². The Morgan fingerprint density at radius 3 is 2.95 bits per heavy atom. The van der Waals surface area contributed by atoms with Crippen molar-refractivity contribution >= 4 is 46.7 Å². The number of halogens is 2. The number of rotatable bonds is 2. The van der Waals surface area contributed by atoms with Crippen molar-refractivity contribution in [3.05, 3.63) is 35.0 Å². The number of amides is 2. The molecule has 1 saturated heterocycles. The average molecular weight is 327 g/mol. The molecule has 0 saturated carbocycles. The van der Waals surface area contributed by atoms with Crippen LogP contribution in [0.1, 0.15) is 5.56 Å². The number of hydrogen-bond acceptors (Lipinski definition) is 4. The summed E-state index contributed by atoms with van der Waals surface area (Å²) >= 11 is 6.02. The van der Waals surface area contributed by atoms with E-state index in [9.17, 15) is 9.59 Å².